The number of allylic oxidation sites excluding steroid dienone is 4. The summed E-state index contributed by atoms with van der Waals surface area (Å²) in [6.45, 7) is 7.44. The molecular weight excluding hydrogens is 332 g/mol. The number of hydrogen-bond acceptors (Lipinski definition) is 2. The van der Waals surface area contributed by atoms with Gasteiger partial charge in [-0.15, -0.1) is 13.2 Å². The largest absolute Gasteiger partial charge is 0.508 e. The summed E-state index contributed by atoms with van der Waals surface area (Å²) in [5.74, 6) is 0.644. The van der Waals surface area contributed by atoms with Gasteiger partial charge >= 0.3 is 0 Å². The average molecular weight is 360 g/mol. The van der Waals surface area contributed by atoms with E-state index in [1.54, 1.807) is 24.3 Å². The van der Waals surface area contributed by atoms with Gasteiger partial charge in [-0.1, -0.05) is 48.6 Å². The highest BCUT2D eigenvalue weighted by Crippen LogP contribution is 2.21. The fourth-order valence-electron chi connectivity index (χ4n) is 2.85. The predicted octanol–water partition coefficient (Wildman–Crippen LogP) is 6.45. The van der Waals surface area contributed by atoms with Gasteiger partial charge in [-0.25, -0.2) is 0 Å². The van der Waals surface area contributed by atoms with E-state index >= 15 is 0 Å². The van der Waals surface area contributed by atoms with E-state index in [9.17, 15) is 10.2 Å². The second-order valence-corrected chi connectivity index (χ2v) is 6.50. The first kappa shape index (κ1) is 20.3. The van der Waals surface area contributed by atoms with Crippen LogP contribution < -0.4 is 0 Å². The third kappa shape index (κ3) is 6.67. The second-order valence-electron chi connectivity index (χ2n) is 6.50. The van der Waals surface area contributed by atoms with Crippen LogP contribution in [0.1, 0.15) is 41.5 Å². The smallest absolute Gasteiger partial charge is 0.119 e. The van der Waals surface area contributed by atoms with Gasteiger partial charge in [-0.2, -0.15) is 0 Å². The SMILES string of the molecule is C=CCc1cc(C=CCCCC=Cc2ccc(O)c(CC=C)c2)ccc1O. The molecule has 2 rings (SSSR count). The molecular formula is C25H28O2. The molecule has 0 radical (unpaired) electrons. The van der Waals surface area contributed by atoms with Crippen molar-refractivity contribution < 1.29 is 10.2 Å². The van der Waals surface area contributed by atoms with Crippen LogP contribution in [0.15, 0.2) is 73.9 Å². The van der Waals surface area contributed by atoms with Crippen LogP contribution in [0.2, 0.25) is 0 Å². The summed E-state index contributed by atoms with van der Waals surface area (Å²) in [5, 5.41) is 19.6. The summed E-state index contributed by atoms with van der Waals surface area (Å²) < 4.78 is 0. The molecule has 2 aromatic rings. The molecule has 0 spiro atoms. The number of benzene rings is 2. The monoisotopic (exact) mass is 360 g/mol. The molecule has 27 heavy (non-hydrogen) atoms. The summed E-state index contributed by atoms with van der Waals surface area (Å²) in [5.41, 5.74) is 4.00. The van der Waals surface area contributed by atoms with Gasteiger partial charge in [0.2, 0.25) is 0 Å². The Hall–Kier alpha value is -3.00. The topological polar surface area (TPSA) is 40.5 Å². The molecule has 0 aromatic heterocycles. The molecule has 0 aliphatic rings. The van der Waals surface area contributed by atoms with Crippen molar-refractivity contribution in [1.29, 1.82) is 0 Å². The number of aromatic hydroxyl groups is 2. The molecule has 2 aromatic carbocycles. The van der Waals surface area contributed by atoms with Gasteiger partial charge < -0.3 is 10.2 Å². The van der Waals surface area contributed by atoms with Crippen molar-refractivity contribution >= 4 is 12.2 Å². The van der Waals surface area contributed by atoms with Gasteiger partial charge in [-0.05, 0) is 78.6 Å². The lowest BCUT2D eigenvalue weighted by molar-refractivity contribution is 0.469. The molecule has 2 N–H and O–H groups in total. The number of rotatable bonds is 10. The quantitative estimate of drug-likeness (QED) is 0.377. The molecule has 0 aliphatic heterocycles. The van der Waals surface area contributed by atoms with Gasteiger partial charge in [0, 0.05) is 0 Å². The van der Waals surface area contributed by atoms with Crippen LogP contribution >= 0.6 is 0 Å². The minimum Gasteiger partial charge on any atom is -0.508 e. The number of hydrogen-bond donors (Lipinski definition) is 2. The van der Waals surface area contributed by atoms with Crippen molar-refractivity contribution in [2.24, 2.45) is 0 Å². The van der Waals surface area contributed by atoms with E-state index in [0.29, 0.717) is 24.3 Å². The van der Waals surface area contributed by atoms with Crippen LogP contribution in [0.3, 0.4) is 0 Å². The molecule has 140 valence electrons. The van der Waals surface area contributed by atoms with E-state index in [4.69, 9.17) is 0 Å². The van der Waals surface area contributed by atoms with Crippen molar-refractivity contribution in [2.45, 2.75) is 32.1 Å². The van der Waals surface area contributed by atoms with E-state index in [1.807, 2.05) is 24.3 Å². The van der Waals surface area contributed by atoms with E-state index < -0.39 is 0 Å². The van der Waals surface area contributed by atoms with Gasteiger partial charge in [0.15, 0.2) is 0 Å². The molecule has 0 aliphatic carbocycles. The maximum atomic E-state index is 9.79. The highest BCUT2D eigenvalue weighted by Gasteiger charge is 2.00. The van der Waals surface area contributed by atoms with Crippen molar-refractivity contribution in [1.82, 2.24) is 0 Å². The highest BCUT2D eigenvalue weighted by atomic mass is 16.3. The molecule has 2 heteroatoms. The van der Waals surface area contributed by atoms with Crippen molar-refractivity contribution in [3.8, 4) is 11.5 Å². The molecule has 2 nitrogen and oxygen atoms in total. The molecule has 0 unspecified atom stereocenters. The lowest BCUT2D eigenvalue weighted by Gasteiger charge is -2.03. The van der Waals surface area contributed by atoms with E-state index in [2.05, 4.69) is 37.5 Å². The summed E-state index contributed by atoms with van der Waals surface area (Å²) >= 11 is 0. The molecule has 0 bridgehead atoms. The molecule has 0 heterocycles. The van der Waals surface area contributed by atoms with Gasteiger partial charge in [-0.3, -0.25) is 0 Å². The zero-order valence-electron chi connectivity index (χ0n) is 15.8. The fraction of sp³-hybridized carbons (Fsp3) is 0.200. The Kier molecular flexibility index (Phi) is 8.18. The van der Waals surface area contributed by atoms with Crippen molar-refractivity contribution in [2.75, 3.05) is 0 Å². The average Bonchev–Trinajstić information content (AvgIpc) is 2.66. The van der Waals surface area contributed by atoms with Crippen LogP contribution in [0.25, 0.3) is 12.2 Å². The Bertz CT molecular complexity index is 759. The Balaban J connectivity index is 1.80. The van der Waals surface area contributed by atoms with Crippen LogP contribution in [0.5, 0.6) is 11.5 Å². The number of phenolic OH excluding ortho intramolecular Hbond substituents is 2. The maximum Gasteiger partial charge on any atom is 0.119 e. The summed E-state index contributed by atoms with van der Waals surface area (Å²) in [6, 6.07) is 11.3. The van der Waals surface area contributed by atoms with Crippen LogP contribution in [-0.4, -0.2) is 10.2 Å². The first-order valence-electron chi connectivity index (χ1n) is 9.32. The van der Waals surface area contributed by atoms with Gasteiger partial charge in [0.1, 0.15) is 11.5 Å². The maximum absolute atomic E-state index is 9.79. The Morgan fingerprint density at radius 2 is 1.15 bits per heavy atom. The predicted molar refractivity (Wildman–Crippen MR) is 116 cm³/mol. The Morgan fingerprint density at radius 3 is 1.56 bits per heavy atom. The minimum atomic E-state index is 0.322. The highest BCUT2D eigenvalue weighted by molar-refractivity contribution is 5.54. The fourth-order valence-corrected chi connectivity index (χ4v) is 2.85. The van der Waals surface area contributed by atoms with Crippen molar-refractivity contribution in [3.63, 3.8) is 0 Å². The normalized spacial score (nSPS) is 11.3. The van der Waals surface area contributed by atoms with Crippen LogP contribution in [-0.2, 0) is 12.8 Å². The Labute approximate surface area is 162 Å². The number of unbranched alkanes of at least 4 members (excludes halogenated alkanes) is 2. The first-order valence-corrected chi connectivity index (χ1v) is 9.32. The first-order chi connectivity index (χ1) is 13.1. The van der Waals surface area contributed by atoms with E-state index in [-0.39, 0.29) is 0 Å². The molecule has 0 fully saturated rings. The number of phenols is 2. The summed E-state index contributed by atoms with van der Waals surface area (Å²) in [6.07, 6.45) is 16.5. The van der Waals surface area contributed by atoms with Gasteiger partial charge in [0.25, 0.3) is 0 Å². The van der Waals surface area contributed by atoms with Gasteiger partial charge in [0.05, 0.1) is 0 Å². The van der Waals surface area contributed by atoms with E-state index in [0.717, 1.165) is 41.5 Å². The third-order valence-corrected chi connectivity index (χ3v) is 4.30. The third-order valence-electron chi connectivity index (χ3n) is 4.30. The standard InChI is InChI=1S/C25H28O2/c1-3-10-22-18-20(14-16-24(22)26)12-8-6-5-7-9-13-21-15-17-25(27)23(19-21)11-4-2/h3-4,8-9,12-19,26-27H,1-2,5-7,10-11H2. The van der Waals surface area contributed by atoms with Crippen LogP contribution in [0, 0.1) is 0 Å². The molecule has 0 saturated heterocycles. The summed E-state index contributed by atoms with van der Waals surface area (Å²) in [7, 11) is 0. The lowest BCUT2D eigenvalue weighted by Crippen LogP contribution is -1.84. The zero-order valence-corrected chi connectivity index (χ0v) is 15.8. The summed E-state index contributed by atoms with van der Waals surface area (Å²) in [4.78, 5) is 0. The van der Waals surface area contributed by atoms with Crippen molar-refractivity contribution in [3.05, 3.63) is 96.1 Å². The molecule has 0 saturated carbocycles. The van der Waals surface area contributed by atoms with E-state index in [1.165, 1.54) is 0 Å². The minimum absolute atomic E-state index is 0.322. The molecule has 0 atom stereocenters. The Morgan fingerprint density at radius 1 is 0.704 bits per heavy atom. The second kappa shape index (κ2) is 10.9. The zero-order chi connectivity index (χ0) is 19.5. The lowest BCUT2D eigenvalue weighted by atomic mass is 10.1. The molecule has 0 amide bonds. The van der Waals surface area contributed by atoms with Crippen LogP contribution in [0.4, 0.5) is 0 Å².